The van der Waals surface area contributed by atoms with Gasteiger partial charge in [0.2, 0.25) is 0 Å². The maximum atomic E-state index is 12.3. The van der Waals surface area contributed by atoms with Crippen LogP contribution in [0.1, 0.15) is 20.8 Å². The molecule has 1 aromatic heterocycles. The molecule has 134 valence electrons. The van der Waals surface area contributed by atoms with Crippen LogP contribution in [0.5, 0.6) is 5.75 Å². The van der Waals surface area contributed by atoms with E-state index in [1.54, 1.807) is 18.2 Å². The van der Waals surface area contributed by atoms with E-state index in [1.807, 2.05) is 37.3 Å². The quantitative estimate of drug-likeness (QED) is 0.654. The molecule has 1 heterocycles. The molecule has 0 aliphatic carbocycles. The van der Waals surface area contributed by atoms with Crippen molar-refractivity contribution in [1.82, 2.24) is 5.32 Å². The van der Waals surface area contributed by atoms with Crippen LogP contribution in [0, 0.1) is 6.92 Å². The average molecular weight is 387 g/mol. The Kier molecular flexibility index (Phi) is 5.39. The van der Waals surface area contributed by atoms with Gasteiger partial charge < -0.3 is 9.50 Å². The molecule has 0 radical (unpaired) electrons. The Labute approximate surface area is 156 Å². The first-order valence-corrected chi connectivity index (χ1v) is 10.1. The standard InChI is InChI=1S/C19H17NO4S2/c1-14-10-11-18(25-14)26(22,23)24-17-9-5-8-16(12-17)19(21)20-13-15-6-3-2-4-7-15/h2-12H,13H2,1H3,(H,20,21). The zero-order valence-electron chi connectivity index (χ0n) is 14.0. The highest BCUT2D eigenvalue weighted by Gasteiger charge is 2.19. The van der Waals surface area contributed by atoms with E-state index >= 15 is 0 Å². The molecule has 1 amide bonds. The molecule has 3 aromatic rings. The third-order valence-corrected chi connectivity index (χ3v) is 6.26. The van der Waals surface area contributed by atoms with E-state index in [4.69, 9.17) is 4.18 Å². The van der Waals surface area contributed by atoms with E-state index in [0.29, 0.717) is 12.1 Å². The number of thiophene rings is 1. The molecule has 1 N–H and O–H groups in total. The van der Waals surface area contributed by atoms with Crippen molar-refractivity contribution in [2.24, 2.45) is 0 Å². The van der Waals surface area contributed by atoms with Gasteiger partial charge in [-0.3, -0.25) is 4.79 Å². The summed E-state index contributed by atoms with van der Waals surface area (Å²) < 4.78 is 29.9. The lowest BCUT2D eigenvalue weighted by atomic mass is 10.2. The maximum absolute atomic E-state index is 12.3. The first-order valence-electron chi connectivity index (χ1n) is 7.87. The molecule has 0 fully saturated rings. The van der Waals surface area contributed by atoms with Gasteiger partial charge in [0.1, 0.15) is 5.75 Å². The van der Waals surface area contributed by atoms with Gasteiger partial charge in [0, 0.05) is 17.0 Å². The Morgan fingerprint density at radius 1 is 1.04 bits per heavy atom. The zero-order valence-corrected chi connectivity index (χ0v) is 15.6. The van der Waals surface area contributed by atoms with Gasteiger partial charge in [-0.25, -0.2) is 0 Å². The molecule has 0 aliphatic rings. The molecule has 0 spiro atoms. The number of aryl methyl sites for hydroxylation is 1. The summed E-state index contributed by atoms with van der Waals surface area (Å²) in [7, 11) is -3.90. The fourth-order valence-electron chi connectivity index (χ4n) is 2.28. The van der Waals surface area contributed by atoms with Gasteiger partial charge in [-0.2, -0.15) is 8.42 Å². The fraction of sp³-hybridized carbons (Fsp3) is 0.105. The van der Waals surface area contributed by atoms with Crippen LogP contribution in [0.2, 0.25) is 0 Å². The summed E-state index contributed by atoms with van der Waals surface area (Å²) in [6, 6.07) is 18.9. The Hall–Kier alpha value is -2.64. The summed E-state index contributed by atoms with van der Waals surface area (Å²) in [5.74, 6) is -0.202. The van der Waals surface area contributed by atoms with Gasteiger partial charge in [-0.1, -0.05) is 36.4 Å². The summed E-state index contributed by atoms with van der Waals surface area (Å²) in [6.07, 6.45) is 0. The van der Waals surface area contributed by atoms with Gasteiger partial charge in [0.05, 0.1) is 0 Å². The summed E-state index contributed by atoms with van der Waals surface area (Å²) in [5, 5.41) is 2.80. The molecule has 7 heteroatoms. The Morgan fingerprint density at radius 2 is 1.81 bits per heavy atom. The molecule has 26 heavy (non-hydrogen) atoms. The molecule has 0 saturated carbocycles. The third-order valence-electron chi connectivity index (χ3n) is 3.56. The number of nitrogens with one attached hydrogen (secondary N) is 1. The van der Waals surface area contributed by atoms with Gasteiger partial charge in [-0.05, 0) is 42.8 Å². The molecule has 0 aliphatic heterocycles. The van der Waals surface area contributed by atoms with E-state index in [0.717, 1.165) is 21.8 Å². The van der Waals surface area contributed by atoms with Gasteiger partial charge >= 0.3 is 10.1 Å². The number of carbonyl (C=O) groups is 1. The third kappa shape index (κ3) is 4.50. The summed E-state index contributed by atoms with van der Waals surface area (Å²) >= 11 is 1.14. The van der Waals surface area contributed by atoms with Crippen molar-refractivity contribution in [2.45, 2.75) is 17.7 Å². The van der Waals surface area contributed by atoms with E-state index < -0.39 is 10.1 Å². The van der Waals surface area contributed by atoms with Crippen LogP contribution in [0.4, 0.5) is 0 Å². The van der Waals surface area contributed by atoms with Crippen molar-refractivity contribution < 1.29 is 17.4 Å². The highest BCUT2D eigenvalue weighted by Crippen LogP contribution is 2.25. The van der Waals surface area contributed by atoms with Crippen molar-refractivity contribution in [3.05, 3.63) is 82.7 Å². The van der Waals surface area contributed by atoms with E-state index in [1.165, 1.54) is 18.2 Å². The van der Waals surface area contributed by atoms with Crippen molar-refractivity contribution >= 4 is 27.4 Å². The summed E-state index contributed by atoms with van der Waals surface area (Å²) in [6.45, 7) is 2.21. The van der Waals surface area contributed by atoms with Crippen LogP contribution in [-0.2, 0) is 16.7 Å². The van der Waals surface area contributed by atoms with Crippen LogP contribution >= 0.6 is 11.3 Å². The largest absolute Gasteiger partial charge is 0.378 e. The minimum Gasteiger partial charge on any atom is -0.378 e. The smallest absolute Gasteiger partial charge is 0.348 e. The second kappa shape index (κ2) is 7.72. The van der Waals surface area contributed by atoms with Gasteiger partial charge in [0.25, 0.3) is 5.91 Å². The van der Waals surface area contributed by atoms with Crippen molar-refractivity contribution in [1.29, 1.82) is 0 Å². The van der Waals surface area contributed by atoms with Gasteiger partial charge in [-0.15, -0.1) is 11.3 Å². The minimum absolute atomic E-state index is 0.100. The summed E-state index contributed by atoms with van der Waals surface area (Å²) in [4.78, 5) is 13.2. The molecule has 3 rings (SSSR count). The average Bonchev–Trinajstić information content (AvgIpc) is 3.08. The molecule has 5 nitrogen and oxygen atoms in total. The Bertz CT molecular complexity index is 1010. The maximum Gasteiger partial charge on any atom is 0.348 e. The normalized spacial score (nSPS) is 11.1. The predicted octanol–water partition coefficient (Wildman–Crippen LogP) is 3.75. The second-order valence-electron chi connectivity index (χ2n) is 5.60. The molecule has 0 atom stereocenters. The van der Waals surface area contributed by atoms with Crippen LogP contribution in [0.15, 0.2) is 70.9 Å². The molecule has 0 unspecified atom stereocenters. The first kappa shape index (κ1) is 18.2. The number of amides is 1. The zero-order chi connectivity index (χ0) is 18.6. The van der Waals surface area contributed by atoms with E-state index in [-0.39, 0.29) is 15.9 Å². The lowest BCUT2D eigenvalue weighted by Crippen LogP contribution is -2.22. The van der Waals surface area contributed by atoms with E-state index in [9.17, 15) is 13.2 Å². The highest BCUT2D eigenvalue weighted by molar-refractivity contribution is 7.89. The number of carbonyl (C=O) groups excluding carboxylic acids is 1. The van der Waals surface area contributed by atoms with Crippen molar-refractivity contribution in [2.75, 3.05) is 0 Å². The molecule has 0 bridgehead atoms. The van der Waals surface area contributed by atoms with Crippen LogP contribution < -0.4 is 9.50 Å². The van der Waals surface area contributed by atoms with Crippen molar-refractivity contribution in [3.63, 3.8) is 0 Å². The van der Waals surface area contributed by atoms with Crippen molar-refractivity contribution in [3.8, 4) is 5.75 Å². The molecule has 0 saturated heterocycles. The number of hydrogen-bond donors (Lipinski definition) is 1. The second-order valence-corrected chi connectivity index (χ2v) is 8.66. The van der Waals surface area contributed by atoms with Crippen LogP contribution in [-0.4, -0.2) is 14.3 Å². The minimum atomic E-state index is -3.90. The van der Waals surface area contributed by atoms with Crippen LogP contribution in [0.25, 0.3) is 0 Å². The van der Waals surface area contributed by atoms with Gasteiger partial charge in [0.15, 0.2) is 4.21 Å². The lowest BCUT2D eigenvalue weighted by molar-refractivity contribution is 0.0950. The first-order chi connectivity index (χ1) is 12.4. The van der Waals surface area contributed by atoms with E-state index in [2.05, 4.69) is 5.32 Å². The monoisotopic (exact) mass is 387 g/mol. The predicted molar refractivity (Wildman–Crippen MR) is 101 cm³/mol. The molecular formula is C19H17NO4S2. The number of rotatable bonds is 6. The molecule has 2 aromatic carbocycles. The molecular weight excluding hydrogens is 370 g/mol. The summed E-state index contributed by atoms with van der Waals surface area (Å²) in [5.41, 5.74) is 1.31. The van der Waals surface area contributed by atoms with Crippen LogP contribution in [0.3, 0.4) is 0 Å². The highest BCUT2D eigenvalue weighted by atomic mass is 32.3. The Morgan fingerprint density at radius 3 is 2.50 bits per heavy atom. The number of hydrogen-bond acceptors (Lipinski definition) is 5. The lowest BCUT2D eigenvalue weighted by Gasteiger charge is -2.08. The number of benzene rings is 2. The topological polar surface area (TPSA) is 72.5 Å². The fourth-order valence-corrected chi connectivity index (χ4v) is 4.45. The Balaban J connectivity index is 1.70. The SMILES string of the molecule is Cc1ccc(S(=O)(=O)Oc2cccc(C(=O)NCc3ccccc3)c2)s1.